The Bertz CT molecular complexity index is 22.0. The molecule has 0 rings (SSSR count). The van der Waals surface area contributed by atoms with Crippen LogP contribution in [0.3, 0.4) is 0 Å². The molecular formula is H5BCaLuO3. The number of rotatable bonds is 0. The fourth-order valence-corrected chi connectivity index (χ4v) is 0. The van der Waals surface area contributed by atoms with Crippen molar-refractivity contribution in [2.45, 2.75) is 0 Å². The zero-order valence-electron chi connectivity index (χ0n) is 4.88. The molecule has 0 aliphatic heterocycles. The third-order valence-electron chi connectivity index (χ3n) is 0. The molecule has 6 heteroatoms. The molecule has 0 atom stereocenters. The van der Waals surface area contributed by atoms with Crippen LogP contribution in [-0.4, -0.2) is 60.1 Å². The maximum Gasteiger partial charge on any atom is 2.00 e. The molecule has 1 radical (unpaired) electrons. The summed E-state index contributed by atoms with van der Waals surface area (Å²) in [4.78, 5) is 0. The summed E-state index contributed by atoms with van der Waals surface area (Å²) in [6.07, 6.45) is 0. The molecule has 0 saturated heterocycles. The SMILES string of the molecule is OB(O)O.[Ca+2].[H-].[H-].[Lu]. The average Bonchev–Trinajstić information content (AvgIpc) is 0.811. The van der Waals surface area contributed by atoms with Crippen LogP contribution in [0.2, 0.25) is 0 Å². The molecule has 0 aliphatic rings. The summed E-state index contributed by atoms with van der Waals surface area (Å²) in [6.45, 7) is 0. The van der Waals surface area contributed by atoms with Gasteiger partial charge >= 0.3 is 45.1 Å². The molecule has 43 valence electrons. The second-order valence-corrected chi connectivity index (χ2v) is 0.346. The van der Waals surface area contributed by atoms with Crippen molar-refractivity contribution in [1.29, 1.82) is 0 Å². The zero-order chi connectivity index (χ0) is 3.58. The van der Waals surface area contributed by atoms with E-state index in [1.54, 1.807) is 0 Å². The van der Waals surface area contributed by atoms with Crippen molar-refractivity contribution in [3.63, 3.8) is 0 Å². The van der Waals surface area contributed by atoms with Crippen LogP contribution < -0.4 is 0 Å². The summed E-state index contributed by atoms with van der Waals surface area (Å²) in [5, 5.41) is 21.5. The molecule has 0 aromatic rings. The monoisotopic (exact) mass is 279 g/mol. The number of hydrogen-bond donors (Lipinski definition) is 3. The van der Waals surface area contributed by atoms with Gasteiger partial charge in [-0.3, -0.25) is 0 Å². The summed E-state index contributed by atoms with van der Waals surface area (Å²) in [5.74, 6) is 0. The van der Waals surface area contributed by atoms with E-state index in [1.165, 1.54) is 0 Å². The van der Waals surface area contributed by atoms with Crippen molar-refractivity contribution >= 4 is 45.1 Å². The normalized spacial score (nSPS) is 4.50. The van der Waals surface area contributed by atoms with E-state index in [0.29, 0.717) is 0 Å². The van der Waals surface area contributed by atoms with Crippen molar-refractivity contribution < 1.29 is 54.8 Å². The van der Waals surface area contributed by atoms with Gasteiger partial charge in [0.1, 0.15) is 0 Å². The first-order valence-electron chi connectivity index (χ1n) is 0.775. The molecule has 3 N–H and O–H groups in total. The molecule has 0 aromatic carbocycles. The molecule has 0 fully saturated rings. The van der Waals surface area contributed by atoms with Crippen LogP contribution in [0.4, 0.5) is 0 Å². The van der Waals surface area contributed by atoms with Crippen LogP contribution >= 0.6 is 0 Å². The van der Waals surface area contributed by atoms with Gasteiger partial charge in [-0.15, -0.1) is 0 Å². The van der Waals surface area contributed by atoms with Crippen molar-refractivity contribution in [2.75, 3.05) is 0 Å². The Morgan fingerprint density at radius 1 is 1.17 bits per heavy atom. The molecule has 0 amide bonds. The first-order valence-corrected chi connectivity index (χ1v) is 0.775. The minimum absolute atomic E-state index is 0. The topological polar surface area (TPSA) is 60.7 Å². The molecule has 0 spiro atoms. The molecule has 6 heavy (non-hydrogen) atoms. The average molecular weight is 279 g/mol. The van der Waals surface area contributed by atoms with Gasteiger partial charge in [-0.05, 0) is 0 Å². The van der Waals surface area contributed by atoms with Crippen molar-refractivity contribution in [1.82, 2.24) is 0 Å². The summed E-state index contributed by atoms with van der Waals surface area (Å²) < 4.78 is 0. The van der Waals surface area contributed by atoms with Gasteiger partial charge in [0, 0.05) is 36.9 Å². The molecule has 0 unspecified atom stereocenters. The smallest absolute Gasteiger partial charge is 1.00 e. The quantitative estimate of drug-likeness (QED) is 0.441. The van der Waals surface area contributed by atoms with Crippen LogP contribution in [0.15, 0.2) is 0 Å². The van der Waals surface area contributed by atoms with Gasteiger partial charge in [-0.2, -0.15) is 0 Å². The van der Waals surface area contributed by atoms with Crippen LogP contribution in [0.1, 0.15) is 2.85 Å². The van der Waals surface area contributed by atoms with Crippen LogP contribution in [0.5, 0.6) is 0 Å². The maximum absolute atomic E-state index is 7.17. The summed E-state index contributed by atoms with van der Waals surface area (Å²) in [7, 11) is -2.17. The minimum atomic E-state index is -2.17. The van der Waals surface area contributed by atoms with Crippen LogP contribution in [0, 0.1) is 36.9 Å². The van der Waals surface area contributed by atoms with Crippen molar-refractivity contribution in [3.05, 3.63) is 0 Å². The maximum atomic E-state index is 7.17. The van der Waals surface area contributed by atoms with E-state index < -0.39 is 7.32 Å². The Labute approximate surface area is 98.1 Å². The van der Waals surface area contributed by atoms with Gasteiger partial charge in [0.25, 0.3) is 0 Å². The van der Waals surface area contributed by atoms with Gasteiger partial charge in [0.15, 0.2) is 0 Å². The first kappa shape index (κ1) is 15.8. The van der Waals surface area contributed by atoms with Crippen LogP contribution in [0.25, 0.3) is 0 Å². The predicted octanol–water partition coefficient (Wildman–Crippen LogP) is -2.21. The second kappa shape index (κ2) is 10.4. The largest absolute Gasteiger partial charge is 2.00 e. The van der Waals surface area contributed by atoms with E-state index in [4.69, 9.17) is 15.1 Å². The molecule has 0 saturated carbocycles. The van der Waals surface area contributed by atoms with E-state index in [9.17, 15) is 0 Å². The summed E-state index contributed by atoms with van der Waals surface area (Å²) >= 11 is 0. The van der Waals surface area contributed by atoms with E-state index in [2.05, 4.69) is 0 Å². The van der Waals surface area contributed by atoms with Gasteiger partial charge in [-0.25, -0.2) is 0 Å². The molecule has 0 aromatic heterocycles. The second-order valence-electron chi connectivity index (χ2n) is 0.346. The van der Waals surface area contributed by atoms with Gasteiger partial charge < -0.3 is 17.9 Å². The van der Waals surface area contributed by atoms with E-state index in [-0.39, 0.29) is 77.5 Å². The Morgan fingerprint density at radius 2 is 1.17 bits per heavy atom. The third-order valence-corrected chi connectivity index (χ3v) is 0. The summed E-state index contributed by atoms with van der Waals surface area (Å²) in [6, 6.07) is 0. The Hall–Kier alpha value is 2.44. The zero-order valence-corrected chi connectivity index (χ0v) is 6.75. The number of hydrogen-bond acceptors (Lipinski definition) is 3. The fourth-order valence-electron chi connectivity index (χ4n) is 0. The molecule has 3 nitrogen and oxygen atoms in total. The molecule has 0 bridgehead atoms. The summed E-state index contributed by atoms with van der Waals surface area (Å²) in [5.41, 5.74) is 0. The standard InChI is InChI=1S/BH3O3.Ca.Lu.2H/c2-1(3)4;;;;/h2-4H;;;;/q;+2;;2*-1. The van der Waals surface area contributed by atoms with Crippen molar-refractivity contribution in [2.24, 2.45) is 0 Å². The Morgan fingerprint density at radius 3 is 1.17 bits per heavy atom. The Kier molecular flexibility index (Phi) is 27.4. The Balaban J connectivity index is -0.00000000750. The molecule has 0 aliphatic carbocycles. The van der Waals surface area contributed by atoms with Gasteiger partial charge in [0.2, 0.25) is 0 Å². The van der Waals surface area contributed by atoms with E-state index in [1.807, 2.05) is 0 Å². The molecule has 0 heterocycles. The van der Waals surface area contributed by atoms with Crippen LogP contribution in [-0.2, 0) is 0 Å². The van der Waals surface area contributed by atoms with Gasteiger partial charge in [0.05, 0.1) is 0 Å². The first-order chi connectivity index (χ1) is 1.73. The fraction of sp³-hybridized carbons (Fsp3) is 0. The van der Waals surface area contributed by atoms with Crippen molar-refractivity contribution in [3.8, 4) is 0 Å². The minimum Gasteiger partial charge on any atom is -1.00 e. The molecular weight excluding hydrogens is 274 g/mol. The third kappa shape index (κ3) is 32.0. The van der Waals surface area contributed by atoms with E-state index in [0.717, 1.165) is 0 Å². The predicted molar refractivity (Wildman–Crippen MR) is 20.4 cm³/mol. The van der Waals surface area contributed by atoms with Gasteiger partial charge in [-0.1, -0.05) is 0 Å². The van der Waals surface area contributed by atoms with E-state index >= 15 is 0 Å².